The van der Waals surface area contributed by atoms with Crippen LogP contribution in [0.5, 0.6) is 0 Å². The van der Waals surface area contributed by atoms with E-state index in [2.05, 4.69) is 12.0 Å². The maximum atomic E-state index is 13.5. The van der Waals surface area contributed by atoms with Gasteiger partial charge in [0.2, 0.25) is 0 Å². The molecule has 0 aliphatic heterocycles. The summed E-state index contributed by atoms with van der Waals surface area (Å²) in [5, 5.41) is 4.27. The molecule has 16 heavy (non-hydrogen) atoms. The first-order valence-corrected chi connectivity index (χ1v) is 5.47. The molecule has 0 fully saturated rings. The predicted octanol–water partition coefficient (Wildman–Crippen LogP) is 2.94. The van der Waals surface area contributed by atoms with Gasteiger partial charge >= 0.3 is 0 Å². The molecule has 0 aliphatic rings. The third kappa shape index (κ3) is 1.98. The fourth-order valence-electron chi connectivity index (χ4n) is 1.78. The van der Waals surface area contributed by atoms with E-state index < -0.39 is 0 Å². The van der Waals surface area contributed by atoms with Gasteiger partial charge in [0, 0.05) is 11.3 Å². The van der Waals surface area contributed by atoms with E-state index in [1.54, 1.807) is 12.1 Å². The zero-order valence-corrected chi connectivity index (χ0v) is 9.57. The zero-order chi connectivity index (χ0) is 11.5. The number of aromatic nitrogens is 2. The Balaban J connectivity index is 2.27. The van der Waals surface area contributed by atoms with E-state index in [4.69, 9.17) is 0 Å². The summed E-state index contributed by atoms with van der Waals surface area (Å²) in [6, 6.07) is 6.82. The van der Waals surface area contributed by atoms with Gasteiger partial charge in [-0.1, -0.05) is 25.1 Å². The Morgan fingerprint density at radius 1 is 1.25 bits per heavy atom. The Bertz CT molecular complexity index is 488. The number of aryl methyl sites for hydroxylation is 1. The Kier molecular flexibility index (Phi) is 3.04. The Hall–Kier alpha value is -1.64. The second-order valence-electron chi connectivity index (χ2n) is 3.86. The number of hydrogen-bond acceptors (Lipinski definition) is 1. The minimum Gasteiger partial charge on any atom is -0.265 e. The third-order valence-electron chi connectivity index (χ3n) is 2.86. The normalized spacial score (nSPS) is 10.7. The summed E-state index contributed by atoms with van der Waals surface area (Å²) >= 11 is 0. The highest BCUT2D eigenvalue weighted by Gasteiger charge is 2.07. The molecule has 0 amide bonds. The lowest BCUT2D eigenvalue weighted by molar-refractivity contribution is 0.580. The lowest BCUT2D eigenvalue weighted by Crippen LogP contribution is -2.05. The monoisotopic (exact) mass is 218 g/mol. The third-order valence-corrected chi connectivity index (χ3v) is 2.86. The van der Waals surface area contributed by atoms with Crippen LogP contribution < -0.4 is 0 Å². The molecule has 1 heterocycles. The van der Waals surface area contributed by atoms with Crippen molar-refractivity contribution in [3.63, 3.8) is 0 Å². The van der Waals surface area contributed by atoms with Gasteiger partial charge in [-0.2, -0.15) is 5.10 Å². The highest BCUT2D eigenvalue weighted by Crippen LogP contribution is 2.12. The minimum atomic E-state index is -0.171. The van der Waals surface area contributed by atoms with Crippen molar-refractivity contribution < 1.29 is 4.39 Å². The van der Waals surface area contributed by atoms with Crippen LogP contribution in [0.1, 0.15) is 23.7 Å². The first-order valence-electron chi connectivity index (χ1n) is 5.47. The maximum Gasteiger partial charge on any atom is 0.128 e. The van der Waals surface area contributed by atoms with E-state index in [1.807, 2.05) is 23.9 Å². The molecule has 0 aliphatic carbocycles. The van der Waals surface area contributed by atoms with Gasteiger partial charge in [-0.3, -0.25) is 4.68 Å². The van der Waals surface area contributed by atoms with E-state index in [0.717, 1.165) is 12.1 Å². The van der Waals surface area contributed by atoms with Gasteiger partial charge < -0.3 is 0 Å². The van der Waals surface area contributed by atoms with Crippen molar-refractivity contribution in [1.29, 1.82) is 0 Å². The molecule has 2 nitrogen and oxygen atoms in total. The van der Waals surface area contributed by atoms with E-state index >= 15 is 0 Å². The molecule has 1 aromatic heterocycles. The molecule has 2 rings (SSSR count). The fourth-order valence-corrected chi connectivity index (χ4v) is 1.78. The SMILES string of the molecule is CCc1cnn(Cc2ccccc2F)c1C. The van der Waals surface area contributed by atoms with E-state index in [1.165, 1.54) is 11.6 Å². The average Bonchev–Trinajstić information content (AvgIpc) is 2.63. The van der Waals surface area contributed by atoms with E-state index in [0.29, 0.717) is 12.1 Å². The lowest BCUT2D eigenvalue weighted by Gasteiger charge is -2.06. The van der Waals surface area contributed by atoms with Gasteiger partial charge in [-0.05, 0) is 25.0 Å². The maximum absolute atomic E-state index is 13.5. The highest BCUT2D eigenvalue weighted by atomic mass is 19.1. The topological polar surface area (TPSA) is 17.8 Å². The standard InChI is InChI=1S/C13H15FN2/c1-3-11-8-15-16(10(11)2)9-12-6-4-5-7-13(12)14/h4-8H,3,9H2,1-2H3. The summed E-state index contributed by atoms with van der Waals surface area (Å²) in [4.78, 5) is 0. The molecular formula is C13H15FN2. The van der Waals surface area contributed by atoms with Gasteiger partial charge in [0.1, 0.15) is 5.82 Å². The second kappa shape index (κ2) is 4.47. The Morgan fingerprint density at radius 3 is 2.62 bits per heavy atom. The molecule has 0 saturated carbocycles. The molecule has 3 heteroatoms. The molecule has 2 aromatic rings. The van der Waals surface area contributed by atoms with Crippen molar-refractivity contribution in [3.8, 4) is 0 Å². The van der Waals surface area contributed by atoms with Crippen molar-refractivity contribution in [2.24, 2.45) is 0 Å². The van der Waals surface area contributed by atoms with Gasteiger partial charge in [0.15, 0.2) is 0 Å². The molecule has 0 bridgehead atoms. The number of hydrogen-bond donors (Lipinski definition) is 0. The number of rotatable bonds is 3. The van der Waals surface area contributed by atoms with Gasteiger partial charge in [-0.15, -0.1) is 0 Å². The van der Waals surface area contributed by atoms with Crippen LogP contribution in [0.4, 0.5) is 4.39 Å². The predicted molar refractivity (Wildman–Crippen MR) is 61.8 cm³/mol. The Labute approximate surface area is 94.7 Å². The fraction of sp³-hybridized carbons (Fsp3) is 0.308. The van der Waals surface area contributed by atoms with Crippen LogP contribution in [-0.4, -0.2) is 9.78 Å². The summed E-state index contributed by atoms with van der Waals surface area (Å²) < 4.78 is 15.3. The molecular weight excluding hydrogens is 203 g/mol. The quantitative estimate of drug-likeness (QED) is 0.774. The van der Waals surface area contributed by atoms with Crippen LogP contribution >= 0.6 is 0 Å². The smallest absolute Gasteiger partial charge is 0.128 e. The van der Waals surface area contributed by atoms with Gasteiger partial charge in [0.05, 0.1) is 12.7 Å². The molecule has 1 aromatic carbocycles. The van der Waals surface area contributed by atoms with Crippen LogP contribution in [0.3, 0.4) is 0 Å². The van der Waals surface area contributed by atoms with Crippen molar-refractivity contribution in [3.05, 3.63) is 53.1 Å². The summed E-state index contributed by atoms with van der Waals surface area (Å²) in [6.45, 7) is 4.61. The largest absolute Gasteiger partial charge is 0.265 e. The van der Waals surface area contributed by atoms with Crippen LogP contribution in [0.25, 0.3) is 0 Å². The number of nitrogens with zero attached hydrogens (tertiary/aromatic N) is 2. The van der Waals surface area contributed by atoms with Crippen molar-refractivity contribution in [2.45, 2.75) is 26.8 Å². The van der Waals surface area contributed by atoms with Crippen LogP contribution in [-0.2, 0) is 13.0 Å². The summed E-state index contributed by atoms with van der Waals surface area (Å²) in [6.07, 6.45) is 2.82. The summed E-state index contributed by atoms with van der Waals surface area (Å²) in [5.74, 6) is -0.171. The molecule has 0 unspecified atom stereocenters. The van der Waals surface area contributed by atoms with Crippen LogP contribution in [0.15, 0.2) is 30.5 Å². The first kappa shape index (κ1) is 10.9. The van der Waals surface area contributed by atoms with E-state index in [-0.39, 0.29) is 5.82 Å². The minimum absolute atomic E-state index is 0.171. The molecule has 0 atom stereocenters. The molecule has 84 valence electrons. The first-order chi connectivity index (χ1) is 7.72. The average molecular weight is 218 g/mol. The lowest BCUT2D eigenvalue weighted by atomic mass is 10.2. The molecule has 0 spiro atoms. The summed E-state index contributed by atoms with van der Waals surface area (Å²) in [7, 11) is 0. The van der Waals surface area contributed by atoms with Crippen molar-refractivity contribution in [2.75, 3.05) is 0 Å². The van der Waals surface area contributed by atoms with Crippen molar-refractivity contribution >= 4 is 0 Å². The molecule has 0 radical (unpaired) electrons. The molecule has 0 saturated heterocycles. The molecule has 0 N–H and O–H groups in total. The van der Waals surface area contributed by atoms with Gasteiger partial charge in [-0.25, -0.2) is 4.39 Å². The van der Waals surface area contributed by atoms with Crippen molar-refractivity contribution in [1.82, 2.24) is 9.78 Å². The number of halogens is 1. The second-order valence-corrected chi connectivity index (χ2v) is 3.86. The summed E-state index contributed by atoms with van der Waals surface area (Å²) in [5.41, 5.74) is 3.01. The van der Waals surface area contributed by atoms with Crippen LogP contribution in [0, 0.1) is 12.7 Å². The zero-order valence-electron chi connectivity index (χ0n) is 9.57. The number of benzene rings is 1. The van der Waals surface area contributed by atoms with Gasteiger partial charge in [0.25, 0.3) is 0 Å². The highest BCUT2D eigenvalue weighted by molar-refractivity contribution is 5.21. The van der Waals surface area contributed by atoms with E-state index in [9.17, 15) is 4.39 Å². The Morgan fingerprint density at radius 2 is 2.00 bits per heavy atom. The van der Waals surface area contributed by atoms with Crippen LogP contribution in [0.2, 0.25) is 0 Å².